The van der Waals surface area contributed by atoms with Crippen molar-refractivity contribution in [1.82, 2.24) is 9.62 Å². The summed E-state index contributed by atoms with van der Waals surface area (Å²) < 4.78 is 28.5. The fourth-order valence-corrected chi connectivity index (χ4v) is 3.98. The minimum absolute atomic E-state index is 0.291. The third-order valence-corrected chi connectivity index (χ3v) is 5.94. The molecule has 0 bridgehead atoms. The van der Waals surface area contributed by atoms with Crippen LogP contribution in [0.1, 0.15) is 29.2 Å². The second kappa shape index (κ2) is 8.32. The van der Waals surface area contributed by atoms with Gasteiger partial charge in [-0.3, -0.25) is 0 Å². The molecule has 6 heteroatoms. The van der Waals surface area contributed by atoms with E-state index in [1.165, 1.54) is 0 Å². The molecule has 1 unspecified atom stereocenters. The molecule has 1 N–H and O–H groups in total. The molecule has 25 heavy (non-hydrogen) atoms. The van der Waals surface area contributed by atoms with Crippen molar-refractivity contribution in [2.75, 3.05) is 20.6 Å². The largest absolute Gasteiger partial charge is 0.309 e. The molecule has 0 radical (unpaired) electrons. The van der Waals surface area contributed by atoms with E-state index in [2.05, 4.69) is 4.72 Å². The first-order valence-electron chi connectivity index (χ1n) is 8.19. The molecule has 0 spiro atoms. The summed E-state index contributed by atoms with van der Waals surface area (Å²) in [5.41, 5.74) is 2.93. The Morgan fingerprint density at radius 1 is 1.04 bits per heavy atom. The minimum atomic E-state index is -3.61. The molecule has 4 nitrogen and oxygen atoms in total. The zero-order chi connectivity index (χ0) is 18.6. The second-order valence-electron chi connectivity index (χ2n) is 6.56. The molecule has 136 valence electrons. The normalized spacial score (nSPS) is 13.2. The van der Waals surface area contributed by atoms with Gasteiger partial charge >= 0.3 is 0 Å². The van der Waals surface area contributed by atoms with Crippen LogP contribution in [0, 0.1) is 13.8 Å². The highest BCUT2D eigenvalue weighted by Gasteiger charge is 2.22. The molecule has 0 aliphatic heterocycles. The van der Waals surface area contributed by atoms with E-state index in [1.807, 2.05) is 51.0 Å². The van der Waals surface area contributed by atoms with Gasteiger partial charge < -0.3 is 4.90 Å². The summed E-state index contributed by atoms with van der Waals surface area (Å²) >= 11 is 5.96. The number of halogens is 1. The summed E-state index contributed by atoms with van der Waals surface area (Å²) in [4.78, 5) is 2.33. The molecule has 2 rings (SSSR count). The van der Waals surface area contributed by atoms with E-state index in [1.54, 1.807) is 24.3 Å². The number of hydrogen-bond donors (Lipinski definition) is 1. The quantitative estimate of drug-likeness (QED) is 0.791. The number of rotatable bonds is 7. The summed E-state index contributed by atoms with van der Waals surface area (Å²) in [7, 11) is 0.332. The van der Waals surface area contributed by atoms with Gasteiger partial charge in [-0.1, -0.05) is 29.8 Å². The molecule has 1 atom stereocenters. The zero-order valence-corrected chi connectivity index (χ0v) is 16.7. The van der Waals surface area contributed by atoms with Crippen LogP contribution < -0.4 is 4.72 Å². The van der Waals surface area contributed by atoms with Crippen LogP contribution in [0.3, 0.4) is 0 Å². The third-order valence-electron chi connectivity index (χ3n) is 4.22. The molecule has 0 heterocycles. The summed E-state index contributed by atoms with van der Waals surface area (Å²) in [6, 6.07) is 12.2. The van der Waals surface area contributed by atoms with Crippen molar-refractivity contribution in [3.63, 3.8) is 0 Å². The predicted octanol–water partition coefficient (Wildman–Crippen LogP) is 3.93. The highest BCUT2D eigenvalue weighted by Crippen LogP contribution is 2.23. The first-order valence-corrected chi connectivity index (χ1v) is 10.0. The van der Waals surface area contributed by atoms with E-state index in [0.29, 0.717) is 16.3 Å². The standard InChI is InChI=1S/C19H25ClN2O2S/c1-14-5-10-18(13-15(14)2)25(23,24)21-19(11-12-22(3)4)16-6-8-17(20)9-7-16/h5-10,13,19,21H,11-12H2,1-4H3. The Balaban J connectivity index is 2.30. The Morgan fingerprint density at radius 2 is 1.68 bits per heavy atom. The van der Waals surface area contributed by atoms with Gasteiger partial charge in [-0.15, -0.1) is 0 Å². The van der Waals surface area contributed by atoms with Crippen molar-refractivity contribution in [2.24, 2.45) is 0 Å². The SMILES string of the molecule is Cc1ccc(S(=O)(=O)NC(CCN(C)C)c2ccc(Cl)cc2)cc1C. The van der Waals surface area contributed by atoms with Gasteiger partial charge in [0.25, 0.3) is 0 Å². The summed E-state index contributed by atoms with van der Waals surface area (Å²) in [6.45, 7) is 4.65. The highest BCUT2D eigenvalue weighted by molar-refractivity contribution is 7.89. The number of hydrogen-bond acceptors (Lipinski definition) is 3. The number of nitrogens with zero attached hydrogens (tertiary/aromatic N) is 1. The van der Waals surface area contributed by atoms with E-state index in [9.17, 15) is 8.42 Å². The van der Waals surface area contributed by atoms with E-state index >= 15 is 0 Å². The van der Waals surface area contributed by atoms with Crippen molar-refractivity contribution >= 4 is 21.6 Å². The van der Waals surface area contributed by atoms with Gasteiger partial charge in [0.15, 0.2) is 0 Å². The maximum absolute atomic E-state index is 12.8. The number of benzene rings is 2. The van der Waals surface area contributed by atoms with E-state index < -0.39 is 10.0 Å². The van der Waals surface area contributed by atoms with Crippen LogP contribution >= 0.6 is 11.6 Å². The van der Waals surface area contributed by atoms with Crippen molar-refractivity contribution in [1.29, 1.82) is 0 Å². The number of sulfonamides is 1. The summed E-state index contributed by atoms with van der Waals surface area (Å²) in [5, 5.41) is 0.632. The summed E-state index contributed by atoms with van der Waals surface area (Å²) in [6.07, 6.45) is 0.665. The fourth-order valence-electron chi connectivity index (χ4n) is 2.51. The molecular weight excluding hydrogens is 356 g/mol. The van der Waals surface area contributed by atoms with Gasteiger partial charge in [-0.25, -0.2) is 13.1 Å². The van der Waals surface area contributed by atoms with Gasteiger partial charge in [0.1, 0.15) is 0 Å². The van der Waals surface area contributed by atoms with E-state index in [0.717, 1.165) is 23.2 Å². The molecule has 0 aromatic heterocycles. The molecule has 0 fully saturated rings. The average Bonchev–Trinajstić information content (AvgIpc) is 2.54. The van der Waals surface area contributed by atoms with Crippen LogP contribution in [-0.4, -0.2) is 34.0 Å². The van der Waals surface area contributed by atoms with Crippen molar-refractivity contribution < 1.29 is 8.42 Å². The Bertz CT molecular complexity index is 818. The molecule has 0 aliphatic carbocycles. The molecular formula is C19H25ClN2O2S. The smallest absolute Gasteiger partial charge is 0.241 e. The van der Waals surface area contributed by atoms with Crippen LogP contribution in [0.2, 0.25) is 5.02 Å². The van der Waals surface area contributed by atoms with Crippen molar-refractivity contribution in [2.45, 2.75) is 31.2 Å². The third kappa shape index (κ3) is 5.54. The van der Waals surface area contributed by atoms with Gasteiger partial charge in [0.05, 0.1) is 4.90 Å². The first-order chi connectivity index (χ1) is 11.7. The number of aryl methyl sites for hydroxylation is 2. The lowest BCUT2D eigenvalue weighted by Gasteiger charge is -2.21. The average molecular weight is 381 g/mol. The lowest BCUT2D eigenvalue weighted by atomic mass is 10.0. The van der Waals surface area contributed by atoms with Gasteiger partial charge in [0.2, 0.25) is 10.0 Å². The van der Waals surface area contributed by atoms with Gasteiger partial charge in [-0.2, -0.15) is 0 Å². The maximum Gasteiger partial charge on any atom is 0.241 e. The lowest BCUT2D eigenvalue weighted by molar-refractivity contribution is 0.375. The Labute approximate surface area is 155 Å². The van der Waals surface area contributed by atoms with E-state index in [-0.39, 0.29) is 6.04 Å². The first kappa shape index (κ1) is 19.9. The minimum Gasteiger partial charge on any atom is -0.309 e. The Morgan fingerprint density at radius 3 is 2.24 bits per heavy atom. The van der Waals surface area contributed by atoms with E-state index in [4.69, 9.17) is 11.6 Å². The van der Waals surface area contributed by atoms with Gasteiger partial charge in [0, 0.05) is 11.1 Å². The molecule has 2 aromatic rings. The lowest BCUT2D eigenvalue weighted by Crippen LogP contribution is -2.31. The van der Waals surface area contributed by atoms with Crippen LogP contribution in [0.15, 0.2) is 47.4 Å². The maximum atomic E-state index is 12.8. The molecule has 0 saturated carbocycles. The van der Waals surface area contributed by atoms with Crippen LogP contribution in [0.5, 0.6) is 0 Å². The Kier molecular flexibility index (Phi) is 6.63. The van der Waals surface area contributed by atoms with Crippen molar-refractivity contribution in [3.8, 4) is 0 Å². The molecule has 0 amide bonds. The van der Waals surface area contributed by atoms with Crippen LogP contribution in [0.4, 0.5) is 0 Å². The summed E-state index contributed by atoms with van der Waals surface area (Å²) in [5.74, 6) is 0. The van der Waals surface area contributed by atoms with Crippen molar-refractivity contribution in [3.05, 3.63) is 64.2 Å². The predicted molar refractivity (Wildman–Crippen MR) is 104 cm³/mol. The molecule has 0 aliphatic rings. The van der Waals surface area contributed by atoms with Crippen LogP contribution in [0.25, 0.3) is 0 Å². The monoisotopic (exact) mass is 380 g/mol. The molecule has 2 aromatic carbocycles. The second-order valence-corrected chi connectivity index (χ2v) is 8.71. The van der Waals surface area contributed by atoms with Crippen LogP contribution in [-0.2, 0) is 10.0 Å². The highest BCUT2D eigenvalue weighted by atomic mass is 35.5. The topological polar surface area (TPSA) is 49.4 Å². The zero-order valence-electron chi connectivity index (χ0n) is 15.1. The fraction of sp³-hybridized carbons (Fsp3) is 0.368. The Hall–Kier alpha value is -1.40. The molecule has 0 saturated heterocycles. The van der Waals surface area contributed by atoms with Gasteiger partial charge in [-0.05, 0) is 81.9 Å². The number of nitrogens with one attached hydrogen (secondary N) is 1.